The molecule has 3 heterocycles. The number of sulfonamides is 1. The number of aromatic nitrogens is 4. The van der Waals surface area contributed by atoms with Gasteiger partial charge in [0.25, 0.3) is 0 Å². The summed E-state index contributed by atoms with van der Waals surface area (Å²) < 4.78 is 29.4. The Morgan fingerprint density at radius 3 is 2.47 bits per heavy atom. The average Bonchev–Trinajstić information content (AvgIpc) is 2.99. The first-order valence-electron chi connectivity index (χ1n) is 10.1. The monoisotopic (exact) mass is 424 g/mol. The molecule has 0 radical (unpaired) electrons. The zero-order chi connectivity index (χ0) is 21.5. The molecule has 156 valence electrons. The van der Waals surface area contributed by atoms with Crippen LogP contribution >= 0.6 is 0 Å². The molecule has 4 rings (SSSR count). The van der Waals surface area contributed by atoms with Crippen molar-refractivity contribution in [2.45, 2.75) is 63.4 Å². The van der Waals surface area contributed by atoms with Gasteiger partial charge in [0.2, 0.25) is 10.0 Å². The van der Waals surface area contributed by atoms with Crippen LogP contribution in [0.2, 0.25) is 0 Å². The van der Waals surface area contributed by atoms with Crippen molar-refractivity contribution in [1.82, 2.24) is 24.2 Å². The molecular weight excluding hydrogens is 400 g/mol. The van der Waals surface area contributed by atoms with Gasteiger partial charge < -0.3 is 4.57 Å². The molecule has 0 amide bonds. The van der Waals surface area contributed by atoms with E-state index in [4.69, 9.17) is 0 Å². The highest BCUT2D eigenvalue weighted by Crippen LogP contribution is 2.41. The number of fused-ring (bicyclic) bond motifs is 1. The lowest BCUT2D eigenvalue weighted by Crippen LogP contribution is -2.30. The Morgan fingerprint density at radius 2 is 1.93 bits per heavy atom. The fourth-order valence-electron chi connectivity index (χ4n) is 3.71. The van der Waals surface area contributed by atoms with Gasteiger partial charge in [-0.05, 0) is 51.2 Å². The fraction of sp³-hybridized carbons (Fsp3) is 0.429. The van der Waals surface area contributed by atoms with E-state index in [9.17, 15) is 13.7 Å². The van der Waals surface area contributed by atoms with Crippen LogP contribution in [0.1, 0.15) is 57.2 Å². The first-order chi connectivity index (χ1) is 14.4. The molecule has 1 fully saturated rings. The second-order valence-electron chi connectivity index (χ2n) is 7.88. The molecule has 0 atom stereocenters. The van der Waals surface area contributed by atoms with E-state index < -0.39 is 10.0 Å². The van der Waals surface area contributed by atoms with Gasteiger partial charge in [0.1, 0.15) is 22.3 Å². The number of hydrogen-bond donors (Lipinski definition) is 1. The van der Waals surface area contributed by atoms with Gasteiger partial charge in [0, 0.05) is 23.7 Å². The molecule has 1 aliphatic rings. The van der Waals surface area contributed by atoms with Crippen LogP contribution in [-0.4, -0.2) is 34.0 Å². The maximum Gasteiger partial charge on any atom is 0.243 e. The number of aryl methyl sites for hydroxylation is 1. The maximum atomic E-state index is 12.4. The van der Waals surface area contributed by atoms with Gasteiger partial charge in [0.05, 0.1) is 18.0 Å². The number of pyridine rings is 1. The second kappa shape index (κ2) is 7.78. The largest absolute Gasteiger partial charge is 0.318 e. The lowest BCUT2D eigenvalue weighted by Gasteiger charge is -2.29. The van der Waals surface area contributed by atoms with E-state index in [1.165, 1.54) is 12.4 Å². The number of nitriles is 1. The van der Waals surface area contributed by atoms with Crippen molar-refractivity contribution in [2.24, 2.45) is 0 Å². The Hall–Kier alpha value is -2.83. The van der Waals surface area contributed by atoms with Crippen LogP contribution in [0.4, 0.5) is 0 Å². The van der Waals surface area contributed by atoms with Crippen LogP contribution in [0.3, 0.4) is 0 Å². The Balaban J connectivity index is 1.89. The number of hydrogen-bond acceptors (Lipinski definition) is 6. The molecule has 30 heavy (non-hydrogen) atoms. The third-order valence-corrected chi connectivity index (χ3v) is 7.01. The highest BCUT2D eigenvalue weighted by atomic mass is 32.2. The van der Waals surface area contributed by atoms with Crippen molar-refractivity contribution in [1.29, 1.82) is 5.26 Å². The number of nitrogens with zero attached hydrogens (tertiary/aromatic N) is 5. The molecule has 0 aromatic carbocycles. The summed E-state index contributed by atoms with van der Waals surface area (Å²) in [7, 11) is -3.69. The minimum Gasteiger partial charge on any atom is -0.318 e. The van der Waals surface area contributed by atoms with Crippen LogP contribution in [0.25, 0.3) is 22.6 Å². The summed E-state index contributed by atoms with van der Waals surface area (Å²) in [6.07, 6.45) is 8.38. The van der Waals surface area contributed by atoms with Crippen LogP contribution in [0.15, 0.2) is 29.6 Å². The third kappa shape index (κ3) is 3.46. The van der Waals surface area contributed by atoms with Gasteiger partial charge in [-0.15, -0.1) is 0 Å². The maximum absolute atomic E-state index is 12.4. The summed E-state index contributed by atoms with van der Waals surface area (Å²) in [6.45, 7) is 5.55. The molecule has 1 saturated carbocycles. The third-order valence-electron chi connectivity index (χ3n) is 5.40. The van der Waals surface area contributed by atoms with E-state index in [0.717, 1.165) is 42.3 Å². The van der Waals surface area contributed by atoms with E-state index in [1.807, 2.05) is 19.2 Å². The molecule has 1 aliphatic carbocycles. The molecular formula is C21H24N6O2S. The van der Waals surface area contributed by atoms with E-state index in [1.54, 1.807) is 13.8 Å². The molecule has 0 aliphatic heterocycles. The van der Waals surface area contributed by atoms with Gasteiger partial charge in [-0.25, -0.2) is 28.1 Å². The quantitative estimate of drug-likeness (QED) is 0.649. The molecule has 0 unspecified atom stereocenters. The SMILES string of the molecule is CCc1cnc2c(c1)c(C#N)c(-c1ncc(S(=O)(=O)NC(C)C)cn1)n2C1CCC1. The summed E-state index contributed by atoms with van der Waals surface area (Å²) in [5.41, 5.74) is 2.90. The van der Waals surface area contributed by atoms with Crippen molar-refractivity contribution in [3.63, 3.8) is 0 Å². The molecule has 8 nitrogen and oxygen atoms in total. The first-order valence-corrected chi connectivity index (χ1v) is 11.6. The van der Waals surface area contributed by atoms with E-state index in [2.05, 4.69) is 30.3 Å². The Labute approximate surface area is 176 Å². The predicted molar refractivity (Wildman–Crippen MR) is 113 cm³/mol. The molecule has 9 heteroatoms. The molecule has 0 saturated heterocycles. The highest BCUT2D eigenvalue weighted by molar-refractivity contribution is 7.89. The predicted octanol–water partition coefficient (Wildman–Crippen LogP) is 3.34. The molecule has 0 bridgehead atoms. The van der Waals surface area contributed by atoms with E-state index in [-0.39, 0.29) is 17.0 Å². The van der Waals surface area contributed by atoms with Crippen molar-refractivity contribution < 1.29 is 8.42 Å². The molecule has 3 aromatic rings. The van der Waals surface area contributed by atoms with E-state index >= 15 is 0 Å². The zero-order valence-electron chi connectivity index (χ0n) is 17.3. The number of nitrogens with one attached hydrogen (secondary N) is 1. The Morgan fingerprint density at radius 1 is 1.23 bits per heavy atom. The Bertz CT molecular complexity index is 1240. The molecule has 0 spiro atoms. The van der Waals surface area contributed by atoms with Crippen molar-refractivity contribution >= 4 is 21.1 Å². The lowest BCUT2D eigenvalue weighted by atomic mass is 9.92. The Kier molecular flexibility index (Phi) is 5.30. The zero-order valence-corrected chi connectivity index (χ0v) is 18.1. The summed E-state index contributed by atoms with van der Waals surface area (Å²) in [5, 5.41) is 10.7. The van der Waals surface area contributed by atoms with Gasteiger partial charge in [-0.2, -0.15) is 5.26 Å². The molecule has 1 N–H and O–H groups in total. The average molecular weight is 425 g/mol. The van der Waals surface area contributed by atoms with Crippen LogP contribution in [0, 0.1) is 11.3 Å². The summed E-state index contributed by atoms with van der Waals surface area (Å²) >= 11 is 0. The van der Waals surface area contributed by atoms with Gasteiger partial charge in [-0.1, -0.05) is 6.92 Å². The standard InChI is InChI=1S/C21H24N6O2S/c1-4-14-8-17-18(9-22)19(27(15-6-5-7-15)21(17)25-10-14)20-23-11-16(12-24-20)30(28,29)26-13(2)3/h8,10-13,15,26H,4-7H2,1-3H3. The smallest absolute Gasteiger partial charge is 0.243 e. The lowest BCUT2D eigenvalue weighted by molar-refractivity contribution is 0.322. The van der Waals surface area contributed by atoms with Gasteiger partial charge in [-0.3, -0.25) is 0 Å². The summed E-state index contributed by atoms with van der Waals surface area (Å²) in [4.78, 5) is 13.3. The van der Waals surface area contributed by atoms with Crippen LogP contribution < -0.4 is 4.72 Å². The normalized spacial score (nSPS) is 14.8. The molecule has 3 aromatic heterocycles. The van der Waals surface area contributed by atoms with Crippen molar-refractivity contribution in [3.8, 4) is 17.6 Å². The van der Waals surface area contributed by atoms with Crippen molar-refractivity contribution in [3.05, 3.63) is 35.8 Å². The van der Waals surface area contributed by atoms with Crippen LogP contribution in [0.5, 0.6) is 0 Å². The van der Waals surface area contributed by atoms with Crippen LogP contribution in [-0.2, 0) is 16.4 Å². The summed E-state index contributed by atoms with van der Waals surface area (Å²) in [6, 6.07) is 4.32. The highest BCUT2D eigenvalue weighted by Gasteiger charge is 2.30. The van der Waals surface area contributed by atoms with Gasteiger partial charge in [0.15, 0.2) is 5.82 Å². The first kappa shape index (κ1) is 20.4. The minimum atomic E-state index is -3.69. The minimum absolute atomic E-state index is 0.00356. The summed E-state index contributed by atoms with van der Waals surface area (Å²) in [5.74, 6) is 0.331. The number of rotatable bonds is 6. The van der Waals surface area contributed by atoms with E-state index in [0.29, 0.717) is 17.1 Å². The fourth-order valence-corrected chi connectivity index (χ4v) is 4.85. The topological polar surface area (TPSA) is 114 Å². The van der Waals surface area contributed by atoms with Crippen molar-refractivity contribution in [2.75, 3.05) is 0 Å². The second-order valence-corrected chi connectivity index (χ2v) is 9.59. The van der Waals surface area contributed by atoms with Gasteiger partial charge >= 0.3 is 0 Å².